The van der Waals surface area contributed by atoms with Crippen LogP contribution in [0.5, 0.6) is 11.5 Å². The SMILES string of the molecule is CCOc1ccc(-c2nnn(CC(=O)N[C@@H](C)c3ccccc3)n2)cc1OCC. The zero-order valence-corrected chi connectivity index (χ0v) is 16.8. The molecule has 8 nitrogen and oxygen atoms in total. The van der Waals surface area contributed by atoms with E-state index in [4.69, 9.17) is 9.47 Å². The summed E-state index contributed by atoms with van der Waals surface area (Å²) in [5, 5.41) is 15.3. The number of ether oxygens (including phenoxy) is 2. The van der Waals surface area contributed by atoms with Crippen molar-refractivity contribution in [3.8, 4) is 22.9 Å². The van der Waals surface area contributed by atoms with E-state index in [1.54, 1.807) is 0 Å². The summed E-state index contributed by atoms with van der Waals surface area (Å²) < 4.78 is 11.2. The van der Waals surface area contributed by atoms with Crippen molar-refractivity contribution in [3.63, 3.8) is 0 Å². The van der Waals surface area contributed by atoms with E-state index >= 15 is 0 Å². The van der Waals surface area contributed by atoms with Crippen molar-refractivity contribution in [2.24, 2.45) is 0 Å². The number of nitrogens with zero attached hydrogens (tertiary/aromatic N) is 4. The highest BCUT2D eigenvalue weighted by Gasteiger charge is 2.14. The number of rotatable bonds is 9. The lowest BCUT2D eigenvalue weighted by Crippen LogP contribution is -2.30. The number of carbonyl (C=O) groups excluding carboxylic acids is 1. The highest BCUT2D eigenvalue weighted by Crippen LogP contribution is 2.31. The second-order valence-corrected chi connectivity index (χ2v) is 6.37. The third kappa shape index (κ3) is 5.31. The minimum absolute atomic E-state index is 0.0144. The number of hydrogen-bond acceptors (Lipinski definition) is 6. The van der Waals surface area contributed by atoms with Gasteiger partial charge in [-0.1, -0.05) is 30.3 Å². The van der Waals surface area contributed by atoms with Crippen LogP contribution >= 0.6 is 0 Å². The summed E-state index contributed by atoms with van der Waals surface area (Å²) >= 11 is 0. The van der Waals surface area contributed by atoms with Crippen LogP contribution in [0.15, 0.2) is 48.5 Å². The van der Waals surface area contributed by atoms with Gasteiger partial charge < -0.3 is 14.8 Å². The molecule has 3 rings (SSSR count). The van der Waals surface area contributed by atoms with Gasteiger partial charge in [-0.15, -0.1) is 10.2 Å². The van der Waals surface area contributed by atoms with Crippen LogP contribution in [0.4, 0.5) is 0 Å². The lowest BCUT2D eigenvalue weighted by Gasteiger charge is -2.13. The number of hydrogen-bond donors (Lipinski definition) is 1. The standard InChI is InChI=1S/C21H25N5O3/c1-4-28-18-12-11-17(13-19(18)29-5-2)21-23-25-26(24-21)14-20(27)22-15(3)16-9-7-6-8-10-16/h6-13,15H,4-5,14H2,1-3H3,(H,22,27)/t15-/m0/s1. The molecule has 1 atom stereocenters. The van der Waals surface area contributed by atoms with Crippen LogP contribution in [0.1, 0.15) is 32.4 Å². The Morgan fingerprint density at radius 1 is 1.07 bits per heavy atom. The van der Waals surface area contributed by atoms with Gasteiger partial charge in [0.2, 0.25) is 11.7 Å². The lowest BCUT2D eigenvalue weighted by atomic mass is 10.1. The van der Waals surface area contributed by atoms with Crippen LogP contribution in [0.2, 0.25) is 0 Å². The van der Waals surface area contributed by atoms with E-state index in [9.17, 15) is 4.79 Å². The summed E-state index contributed by atoms with van der Waals surface area (Å²) in [7, 11) is 0. The molecular weight excluding hydrogens is 370 g/mol. The summed E-state index contributed by atoms with van der Waals surface area (Å²) in [6.45, 7) is 6.81. The van der Waals surface area contributed by atoms with Gasteiger partial charge >= 0.3 is 0 Å². The Labute approximate surface area is 169 Å². The molecule has 29 heavy (non-hydrogen) atoms. The fraction of sp³-hybridized carbons (Fsp3) is 0.333. The molecule has 0 radical (unpaired) electrons. The average Bonchev–Trinajstić information content (AvgIpc) is 3.18. The summed E-state index contributed by atoms with van der Waals surface area (Å²) in [5.41, 5.74) is 1.77. The van der Waals surface area contributed by atoms with Crippen LogP contribution in [0.25, 0.3) is 11.4 Å². The van der Waals surface area contributed by atoms with Crippen molar-refractivity contribution in [2.45, 2.75) is 33.4 Å². The fourth-order valence-electron chi connectivity index (χ4n) is 2.86. The maximum absolute atomic E-state index is 12.3. The van der Waals surface area contributed by atoms with Gasteiger partial charge in [-0.25, -0.2) is 0 Å². The molecule has 8 heteroatoms. The number of amides is 1. The van der Waals surface area contributed by atoms with Crippen LogP contribution in [-0.2, 0) is 11.3 Å². The van der Waals surface area contributed by atoms with Crippen molar-refractivity contribution in [1.29, 1.82) is 0 Å². The smallest absolute Gasteiger partial charge is 0.244 e. The Hall–Kier alpha value is -3.42. The summed E-state index contributed by atoms with van der Waals surface area (Å²) in [4.78, 5) is 13.6. The van der Waals surface area contributed by atoms with E-state index in [2.05, 4.69) is 20.7 Å². The number of carbonyl (C=O) groups is 1. The van der Waals surface area contributed by atoms with Gasteiger partial charge in [-0.2, -0.15) is 4.80 Å². The van der Waals surface area contributed by atoms with E-state index in [-0.39, 0.29) is 18.5 Å². The third-order valence-electron chi connectivity index (χ3n) is 4.22. The van der Waals surface area contributed by atoms with Crippen molar-refractivity contribution in [3.05, 3.63) is 54.1 Å². The molecule has 3 aromatic rings. The molecule has 0 saturated heterocycles. The predicted octanol–water partition coefficient (Wildman–Crippen LogP) is 3.01. The third-order valence-corrected chi connectivity index (χ3v) is 4.22. The molecule has 0 unspecified atom stereocenters. The van der Waals surface area contributed by atoms with Gasteiger partial charge in [-0.05, 0) is 49.7 Å². The zero-order valence-electron chi connectivity index (χ0n) is 16.8. The quantitative estimate of drug-likeness (QED) is 0.599. The molecule has 0 saturated carbocycles. The second-order valence-electron chi connectivity index (χ2n) is 6.37. The number of nitrogens with one attached hydrogen (secondary N) is 1. The molecule has 0 fully saturated rings. The minimum atomic E-state index is -0.188. The number of benzene rings is 2. The Kier molecular flexibility index (Phi) is 6.78. The van der Waals surface area contributed by atoms with Gasteiger partial charge in [0.1, 0.15) is 6.54 Å². The van der Waals surface area contributed by atoms with Crippen molar-refractivity contribution in [1.82, 2.24) is 25.5 Å². The molecule has 0 aliphatic heterocycles. The highest BCUT2D eigenvalue weighted by molar-refractivity contribution is 5.76. The monoisotopic (exact) mass is 395 g/mol. The van der Waals surface area contributed by atoms with E-state index in [1.807, 2.05) is 69.3 Å². The predicted molar refractivity (Wildman–Crippen MR) is 109 cm³/mol. The van der Waals surface area contributed by atoms with Gasteiger partial charge in [0, 0.05) is 5.56 Å². The normalized spacial score (nSPS) is 11.7. The van der Waals surface area contributed by atoms with Gasteiger partial charge in [0.15, 0.2) is 11.5 Å². The Morgan fingerprint density at radius 2 is 1.79 bits per heavy atom. The summed E-state index contributed by atoms with van der Waals surface area (Å²) in [6, 6.07) is 15.1. The minimum Gasteiger partial charge on any atom is -0.490 e. The first-order valence-corrected chi connectivity index (χ1v) is 9.62. The van der Waals surface area contributed by atoms with Crippen LogP contribution in [-0.4, -0.2) is 39.3 Å². The topological polar surface area (TPSA) is 91.2 Å². The Balaban J connectivity index is 1.67. The summed E-state index contributed by atoms with van der Waals surface area (Å²) in [5.74, 6) is 1.52. The first-order chi connectivity index (χ1) is 14.1. The molecule has 1 aromatic heterocycles. The molecule has 152 valence electrons. The van der Waals surface area contributed by atoms with Crippen molar-refractivity contribution >= 4 is 5.91 Å². The van der Waals surface area contributed by atoms with Gasteiger partial charge in [0.25, 0.3) is 0 Å². The summed E-state index contributed by atoms with van der Waals surface area (Å²) in [6.07, 6.45) is 0. The van der Waals surface area contributed by atoms with E-state index in [0.717, 1.165) is 11.1 Å². The van der Waals surface area contributed by atoms with E-state index in [1.165, 1.54) is 4.80 Å². The largest absolute Gasteiger partial charge is 0.490 e. The maximum Gasteiger partial charge on any atom is 0.244 e. The zero-order chi connectivity index (χ0) is 20.6. The van der Waals surface area contributed by atoms with Crippen LogP contribution in [0.3, 0.4) is 0 Å². The molecule has 0 aliphatic carbocycles. The molecule has 0 bridgehead atoms. The molecule has 0 spiro atoms. The first-order valence-electron chi connectivity index (χ1n) is 9.62. The van der Waals surface area contributed by atoms with Gasteiger partial charge in [0.05, 0.1) is 19.3 Å². The second kappa shape index (κ2) is 9.68. The molecule has 2 aromatic carbocycles. The first kappa shape index (κ1) is 20.3. The lowest BCUT2D eigenvalue weighted by molar-refractivity contribution is -0.122. The Morgan fingerprint density at radius 3 is 2.52 bits per heavy atom. The number of tetrazole rings is 1. The molecule has 1 heterocycles. The average molecular weight is 395 g/mol. The number of aromatic nitrogens is 4. The van der Waals surface area contributed by atoms with Crippen LogP contribution < -0.4 is 14.8 Å². The van der Waals surface area contributed by atoms with E-state index < -0.39 is 0 Å². The Bertz CT molecular complexity index is 942. The van der Waals surface area contributed by atoms with Crippen molar-refractivity contribution < 1.29 is 14.3 Å². The highest BCUT2D eigenvalue weighted by atomic mass is 16.5. The molecule has 1 N–H and O–H groups in total. The molecule has 0 aliphatic rings. The molecular formula is C21H25N5O3. The molecule has 1 amide bonds. The van der Waals surface area contributed by atoms with Crippen molar-refractivity contribution in [2.75, 3.05) is 13.2 Å². The van der Waals surface area contributed by atoms with Crippen LogP contribution in [0, 0.1) is 0 Å². The van der Waals surface area contributed by atoms with Gasteiger partial charge in [-0.3, -0.25) is 4.79 Å². The fourth-order valence-corrected chi connectivity index (χ4v) is 2.86. The maximum atomic E-state index is 12.3. The van der Waals surface area contributed by atoms with E-state index in [0.29, 0.717) is 30.5 Å².